The van der Waals surface area contributed by atoms with Crippen molar-refractivity contribution in [1.82, 2.24) is 15.2 Å². The molecule has 2 heterocycles. The Morgan fingerprint density at radius 3 is 2.83 bits per heavy atom. The number of likely N-dealkylation sites (tertiary alicyclic amines) is 1. The lowest BCUT2D eigenvalue weighted by molar-refractivity contribution is 0.0920. The molecule has 1 saturated heterocycles. The first-order valence-corrected chi connectivity index (χ1v) is 8.80. The predicted octanol–water partition coefficient (Wildman–Crippen LogP) is 2.22. The summed E-state index contributed by atoms with van der Waals surface area (Å²) in [6.07, 6.45) is 2.15. The van der Waals surface area contributed by atoms with Crippen molar-refractivity contribution in [3.8, 4) is 5.88 Å². The molecule has 1 amide bonds. The first kappa shape index (κ1) is 19.0. The van der Waals surface area contributed by atoms with Crippen molar-refractivity contribution in [2.75, 3.05) is 46.5 Å². The number of piperidine rings is 1. The molecule has 0 unspecified atom stereocenters. The highest BCUT2D eigenvalue weighted by molar-refractivity contribution is 6.33. The van der Waals surface area contributed by atoms with E-state index in [4.69, 9.17) is 21.1 Å². The van der Waals surface area contributed by atoms with Crippen LogP contribution in [-0.2, 0) is 4.74 Å². The molecular formula is C17H26ClN3O3. The van der Waals surface area contributed by atoms with Gasteiger partial charge in [0.25, 0.3) is 5.91 Å². The van der Waals surface area contributed by atoms with Crippen LogP contribution in [0.25, 0.3) is 0 Å². The van der Waals surface area contributed by atoms with Crippen LogP contribution in [0.1, 0.15) is 30.3 Å². The van der Waals surface area contributed by atoms with E-state index in [1.54, 1.807) is 19.2 Å². The third-order valence-corrected chi connectivity index (χ3v) is 4.50. The number of ether oxygens (including phenoxy) is 2. The van der Waals surface area contributed by atoms with Crippen LogP contribution in [-0.4, -0.2) is 62.3 Å². The molecule has 1 aliphatic heterocycles. The van der Waals surface area contributed by atoms with Crippen molar-refractivity contribution in [3.63, 3.8) is 0 Å². The van der Waals surface area contributed by atoms with Gasteiger partial charge in [0.2, 0.25) is 5.88 Å². The van der Waals surface area contributed by atoms with Gasteiger partial charge in [0.05, 0.1) is 18.2 Å². The van der Waals surface area contributed by atoms with E-state index in [1.165, 1.54) is 0 Å². The number of amides is 1. The Labute approximate surface area is 148 Å². The van der Waals surface area contributed by atoms with E-state index in [0.717, 1.165) is 39.1 Å². The maximum absolute atomic E-state index is 12.3. The van der Waals surface area contributed by atoms with Gasteiger partial charge in [0.15, 0.2) is 5.69 Å². The molecule has 6 nitrogen and oxygen atoms in total. The number of pyridine rings is 1. The molecule has 1 fully saturated rings. The maximum atomic E-state index is 12.3. The average Bonchev–Trinajstić information content (AvgIpc) is 2.60. The van der Waals surface area contributed by atoms with Crippen molar-refractivity contribution in [1.29, 1.82) is 0 Å². The number of hydrogen-bond donors (Lipinski definition) is 1. The lowest BCUT2D eigenvalue weighted by Gasteiger charge is -2.31. The first-order valence-electron chi connectivity index (χ1n) is 8.42. The van der Waals surface area contributed by atoms with Gasteiger partial charge in [-0.1, -0.05) is 11.6 Å². The minimum Gasteiger partial charge on any atom is -0.478 e. The van der Waals surface area contributed by atoms with Crippen molar-refractivity contribution in [2.45, 2.75) is 19.8 Å². The number of halogens is 1. The van der Waals surface area contributed by atoms with Gasteiger partial charge < -0.3 is 19.7 Å². The number of carbonyl (C=O) groups is 1. The Hall–Kier alpha value is -1.37. The standard InChI is InChI=1S/C17H26ClN3O3/c1-3-24-15-5-4-14(18)16(20-15)17(22)19-12-13-6-8-21(9-7-13)10-11-23-2/h4-5,13H,3,6-12H2,1-2H3,(H,19,22). The molecule has 1 aromatic rings. The van der Waals surface area contributed by atoms with Crippen molar-refractivity contribution < 1.29 is 14.3 Å². The molecular weight excluding hydrogens is 330 g/mol. The number of aromatic nitrogens is 1. The number of rotatable bonds is 8. The fraction of sp³-hybridized carbons (Fsp3) is 0.647. The van der Waals surface area contributed by atoms with E-state index in [-0.39, 0.29) is 11.6 Å². The Balaban J connectivity index is 1.80. The lowest BCUT2D eigenvalue weighted by Crippen LogP contribution is -2.40. The molecule has 0 aliphatic carbocycles. The Bertz CT molecular complexity index is 534. The molecule has 0 radical (unpaired) electrons. The van der Waals surface area contributed by atoms with Crippen LogP contribution in [0.5, 0.6) is 5.88 Å². The first-order chi connectivity index (χ1) is 11.6. The highest BCUT2D eigenvalue weighted by atomic mass is 35.5. The second-order valence-corrected chi connectivity index (χ2v) is 6.31. The number of nitrogens with zero attached hydrogens (tertiary/aromatic N) is 2. The van der Waals surface area contributed by atoms with Gasteiger partial charge in [-0.3, -0.25) is 4.79 Å². The highest BCUT2D eigenvalue weighted by Crippen LogP contribution is 2.19. The Kier molecular flexibility index (Phi) is 7.75. The molecule has 2 rings (SSSR count). The smallest absolute Gasteiger partial charge is 0.271 e. The molecule has 7 heteroatoms. The summed E-state index contributed by atoms with van der Waals surface area (Å²) >= 11 is 6.08. The molecule has 1 N–H and O–H groups in total. The summed E-state index contributed by atoms with van der Waals surface area (Å²) in [5.74, 6) is 0.656. The van der Waals surface area contributed by atoms with E-state index in [9.17, 15) is 4.79 Å². The molecule has 24 heavy (non-hydrogen) atoms. The SMILES string of the molecule is CCOc1ccc(Cl)c(C(=O)NCC2CCN(CCOC)CC2)n1. The summed E-state index contributed by atoms with van der Waals surface area (Å²) in [4.78, 5) is 18.9. The van der Waals surface area contributed by atoms with Gasteiger partial charge >= 0.3 is 0 Å². The van der Waals surface area contributed by atoms with Crippen LogP contribution in [0.2, 0.25) is 5.02 Å². The number of carbonyl (C=O) groups excluding carboxylic acids is 1. The molecule has 134 valence electrons. The molecule has 1 aromatic heterocycles. The second kappa shape index (κ2) is 9.81. The minimum absolute atomic E-state index is 0.222. The zero-order valence-corrected chi connectivity index (χ0v) is 15.1. The zero-order valence-electron chi connectivity index (χ0n) is 14.4. The lowest BCUT2D eigenvalue weighted by atomic mass is 9.97. The van der Waals surface area contributed by atoms with Crippen LogP contribution in [0.3, 0.4) is 0 Å². The summed E-state index contributed by atoms with van der Waals surface area (Å²) in [6.45, 7) is 6.84. The molecule has 0 bridgehead atoms. The summed E-state index contributed by atoms with van der Waals surface area (Å²) in [5, 5.41) is 3.29. The number of nitrogens with one attached hydrogen (secondary N) is 1. The van der Waals surface area contributed by atoms with Gasteiger partial charge in [-0.05, 0) is 44.8 Å². The topological polar surface area (TPSA) is 63.7 Å². The monoisotopic (exact) mass is 355 g/mol. The van der Waals surface area contributed by atoms with Crippen molar-refractivity contribution in [3.05, 3.63) is 22.8 Å². The van der Waals surface area contributed by atoms with Gasteiger partial charge in [0, 0.05) is 26.3 Å². The van der Waals surface area contributed by atoms with E-state index >= 15 is 0 Å². The summed E-state index contributed by atoms with van der Waals surface area (Å²) in [6, 6.07) is 3.31. The third kappa shape index (κ3) is 5.61. The van der Waals surface area contributed by atoms with E-state index in [1.807, 2.05) is 6.92 Å². The van der Waals surface area contributed by atoms with Crippen LogP contribution in [0.15, 0.2) is 12.1 Å². The van der Waals surface area contributed by atoms with Crippen LogP contribution < -0.4 is 10.1 Å². The predicted molar refractivity (Wildman–Crippen MR) is 93.8 cm³/mol. The normalized spacial score (nSPS) is 16.1. The van der Waals surface area contributed by atoms with Gasteiger partial charge in [0.1, 0.15) is 0 Å². The fourth-order valence-electron chi connectivity index (χ4n) is 2.77. The minimum atomic E-state index is -0.247. The fourth-order valence-corrected chi connectivity index (χ4v) is 2.96. The highest BCUT2D eigenvalue weighted by Gasteiger charge is 2.20. The second-order valence-electron chi connectivity index (χ2n) is 5.90. The average molecular weight is 356 g/mol. The van der Waals surface area contributed by atoms with Crippen molar-refractivity contribution in [2.24, 2.45) is 5.92 Å². The molecule has 0 aromatic carbocycles. The van der Waals surface area contributed by atoms with Crippen LogP contribution in [0, 0.1) is 5.92 Å². The molecule has 0 saturated carbocycles. The molecule has 0 atom stereocenters. The summed E-state index contributed by atoms with van der Waals surface area (Å²) in [7, 11) is 1.72. The number of hydrogen-bond acceptors (Lipinski definition) is 5. The third-order valence-electron chi connectivity index (χ3n) is 4.20. The quantitative estimate of drug-likeness (QED) is 0.774. The summed E-state index contributed by atoms with van der Waals surface area (Å²) in [5.41, 5.74) is 0.222. The van der Waals surface area contributed by atoms with Gasteiger partial charge in [-0.2, -0.15) is 0 Å². The van der Waals surface area contributed by atoms with Crippen LogP contribution in [0.4, 0.5) is 0 Å². The number of methoxy groups -OCH3 is 1. The Morgan fingerprint density at radius 2 is 2.17 bits per heavy atom. The molecule has 1 aliphatic rings. The zero-order chi connectivity index (χ0) is 17.4. The van der Waals surface area contributed by atoms with Gasteiger partial charge in [-0.15, -0.1) is 0 Å². The Morgan fingerprint density at radius 1 is 1.42 bits per heavy atom. The van der Waals surface area contributed by atoms with E-state index in [0.29, 0.717) is 30.0 Å². The maximum Gasteiger partial charge on any atom is 0.271 e. The van der Waals surface area contributed by atoms with E-state index in [2.05, 4.69) is 15.2 Å². The van der Waals surface area contributed by atoms with Crippen LogP contribution >= 0.6 is 11.6 Å². The van der Waals surface area contributed by atoms with E-state index < -0.39 is 0 Å². The summed E-state index contributed by atoms with van der Waals surface area (Å²) < 4.78 is 10.4. The molecule has 0 spiro atoms. The van der Waals surface area contributed by atoms with Crippen molar-refractivity contribution >= 4 is 17.5 Å². The van der Waals surface area contributed by atoms with Gasteiger partial charge in [-0.25, -0.2) is 4.98 Å². The largest absolute Gasteiger partial charge is 0.478 e.